The van der Waals surface area contributed by atoms with E-state index in [1.165, 1.54) is 18.2 Å². The molecule has 1 aromatic carbocycles. The summed E-state index contributed by atoms with van der Waals surface area (Å²) in [6.07, 6.45) is 1.22. The van der Waals surface area contributed by atoms with E-state index in [4.69, 9.17) is 16.3 Å². The third-order valence-electron chi connectivity index (χ3n) is 2.14. The van der Waals surface area contributed by atoms with Crippen molar-refractivity contribution in [2.24, 2.45) is 0 Å². The van der Waals surface area contributed by atoms with E-state index in [1.54, 1.807) is 6.92 Å². The molecule has 0 aromatic heterocycles. The van der Waals surface area contributed by atoms with Crippen molar-refractivity contribution in [2.75, 3.05) is 12.5 Å². The Bertz CT molecular complexity index is 366. The third kappa shape index (κ3) is 3.49. The zero-order valence-electron chi connectivity index (χ0n) is 9.13. The average Bonchev–Trinajstić information content (AvgIpc) is 2.28. The van der Waals surface area contributed by atoms with Gasteiger partial charge in [0.25, 0.3) is 0 Å². The number of carbonyl (C=O) groups is 1. The first-order valence-electron chi connectivity index (χ1n) is 5.20. The zero-order chi connectivity index (χ0) is 12.0. The van der Waals surface area contributed by atoms with E-state index >= 15 is 0 Å². The Kier molecular flexibility index (Phi) is 5.26. The minimum absolute atomic E-state index is 0.307. The Morgan fingerprint density at radius 1 is 1.50 bits per heavy atom. The molecular weight excluding hydrogens is 231 g/mol. The van der Waals surface area contributed by atoms with Crippen LogP contribution < -0.4 is 0 Å². The van der Waals surface area contributed by atoms with Crippen molar-refractivity contribution in [1.29, 1.82) is 0 Å². The van der Waals surface area contributed by atoms with Crippen molar-refractivity contribution in [3.63, 3.8) is 0 Å². The van der Waals surface area contributed by atoms with Gasteiger partial charge in [0.2, 0.25) is 0 Å². The van der Waals surface area contributed by atoms with E-state index in [9.17, 15) is 9.18 Å². The highest BCUT2D eigenvalue weighted by molar-refractivity contribution is 6.17. The molecule has 1 rings (SSSR count). The van der Waals surface area contributed by atoms with E-state index in [1.807, 2.05) is 0 Å². The molecule has 0 aliphatic carbocycles. The Balaban J connectivity index is 2.84. The highest BCUT2D eigenvalue weighted by Gasteiger charge is 2.10. The van der Waals surface area contributed by atoms with Gasteiger partial charge in [0.15, 0.2) is 0 Å². The van der Waals surface area contributed by atoms with Gasteiger partial charge in [-0.1, -0.05) is 0 Å². The van der Waals surface area contributed by atoms with Crippen molar-refractivity contribution in [3.05, 3.63) is 35.1 Å². The van der Waals surface area contributed by atoms with Gasteiger partial charge in [-0.25, -0.2) is 9.18 Å². The maximum absolute atomic E-state index is 13.3. The third-order valence-corrected chi connectivity index (χ3v) is 2.40. The van der Waals surface area contributed by atoms with E-state index in [0.29, 0.717) is 36.5 Å². The van der Waals surface area contributed by atoms with Gasteiger partial charge in [-0.2, -0.15) is 0 Å². The Labute approximate surface area is 99.4 Å². The number of halogens is 2. The highest BCUT2D eigenvalue weighted by Crippen LogP contribution is 2.14. The Hall–Kier alpha value is -1.09. The summed E-state index contributed by atoms with van der Waals surface area (Å²) in [5, 5.41) is 0. The molecule has 0 spiro atoms. The van der Waals surface area contributed by atoms with Crippen LogP contribution in [0.5, 0.6) is 0 Å². The predicted octanol–water partition coefficient (Wildman–Crippen LogP) is 3.17. The number of carbonyl (C=O) groups excluding carboxylic acids is 1. The maximum Gasteiger partial charge on any atom is 0.338 e. The molecule has 0 bridgehead atoms. The van der Waals surface area contributed by atoms with Crippen LogP contribution in [0.1, 0.15) is 29.3 Å². The highest BCUT2D eigenvalue weighted by atomic mass is 35.5. The molecule has 0 aliphatic heterocycles. The molecular formula is C12H14ClFO2. The van der Waals surface area contributed by atoms with Crippen LogP contribution in [0.15, 0.2) is 18.2 Å². The van der Waals surface area contributed by atoms with Crippen LogP contribution >= 0.6 is 11.6 Å². The van der Waals surface area contributed by atoms with Crippen molar-refractivity contribution >= 4 is 17.6 Å². The lowest BCUT2D eigenvalue weighted by Gasteiger charge is -2.05. The minimum atomic E-state index is -0.422. The Morgan fingerprint density at radius 2 is 2.25 bits per heavy atom. The fourth-order valence-electron chi connectivity index (χ4n) is 1.36. The topological polar surface area (TPSA) is 26.3 Å². The number of hydrogen-bond donors (Lipinski definition) is 0. The van der Waals surface area contributed by atoms with Gasteiger partial charge in [-0.15, -0.1) is 11.6 Å². The molecule has 0 saturated carbocycles. The molecule has 4 heteroatoms. The number of hydrogen-bond acceptors (Lipinski definition) is 2. The van der Waals surface area contributed by atoms with Gasteiger partial charge >= 0.3 is 5.97 Å². The number of alkyl halides is 1. The summed E-state index contributed by atoms with van der Waals surface area (Å²) in [7, 11) is 0. The van der Waals surface area contributed by atoms with Crippen molar-refractivity contribution < 1.29 is 13.9 Å². The molecule has 0 fully saturated rings. The monoisotopic (exact) mass is 244 g/mol. The van der Waals surface area contributed by atoms with Crippen molar-refractivity contribution in [1.82, 2.24) is 0 Å². The van der Waals surface area contributed by atoms with Crippen LogP contribution in [0.3, 0.4) is 0 Å². The minimum Gasteiger partial charge on any atom is -0.462 e. The van der Waals surface area contributed by atoms with Crippen LogP contribution in [0.25, 0.3) is 0 Å². The second-order valence-electron chi connectivity index (χ2n) is 3.32. The van der Waals surface area contributed by atoms with Gasteiger partial charge in [0.1, 0.15) is 5.82 Å². The quantitative estimate of drug-likeness (QED) is 0.587. The van der Waals surface area contributed by atoms with Gasteiger partial charge in [0.05, 0.1) is 12.2 Å². The summed E-state index contributed by atoms with van der Waals surface area (Å²) in [6, 6.07) is 4.24. The van der Waals surface area contributed by atoms with Crippen LogP contribution in [-0.2, 0) is 11.2 Å². The molecule has 0 N–H and O–H groups in total. The summed E-state index contributed by atoms with van der Waals surface area (Å²) in [5.74, 6) is -0.254. The largest absolute Gasteiger partial charge is 0.462 e. The second-order valence-corrected chi connectivity index (χ2v) is 3.70. The summed E-state index contributed by atoms with van der Waals surface area (Å²) in [5.41, 5.74) is 0.888. The van der Waals surface area contributed by atoms with Crippen molar-refractivity contribution in [2.45, 2.75) is 19.8 Å². The van der Waals surface area contributed by atoms with Gasteiger partial charge < -0.3 is 4.74 Å². The van der Waals surface area contributed by atoms with E-state index < -0.39 is 5.97 Å². The molecule has 0 unspecified atom stereocenters. The number of rotatable bonds is 5. The number of benzene rings is 1. The normalized spacial score (nSPS) is 10.2. The van der Waals surface area contributed by atoms with E-state index in [0.717, 1.165) is 0 Å². The molecule has 0 atom stereocenters. The number of aryl methyl sites for hydroxylation is 1. The summed E-state index contributed by atoms with van der Waals surface area (Å²) < 4.78 is 18.2. The van der Waals surface area contributed by atoms with Crippen LogP contribution in [0, 0.1) is 5.82 Å². The second kappa shape index (κ2) is 6.48. The van der Waals surface area contributed by atoms with Gasteiger partial charge in [-0.3, -0.25) is 0 Å². The molecule has 0 amide bonds. The molecule has 16 heavy (non-hydrogen) atoms. The molecule has 0 aliphatic rings. The first-order chi connectivity index (χ1) is 7.69. The molecule has 0 radical (unpaired) electrons. The zero-order valence-corrected chi connectivity index (χ0v) is 9.89. The molecule has 2 nitrogen and oxygen atoms in total. The number of ether oxygens (including phenoxy) is 1. The van der Waals surface area contributed by atoms with Crippen LogP contribution in [0.4, 0.5) is 4.39 Å². The Morgan fingerprint density at radius 3 is 2.88 bits per heavy atom. The lowest BCUT2D eigenvalue weighted by Crippen LogP contribution is -2.06. The molecule has 88 valence electrons. The summed E-state index contributed by atoms with van der Waals surface area (Å²) >= 11 is 5.54. The van der Waals surface area contributed by atoms with Gasteiger partial charge in [-0.05, 0) is 43.5 Å². The predicted molar refractivity (Wildman–Crippen MR) is 61.4 cm³/mol. The smallest absolute Gasteiger partial charge is 0.338 e. The fraction of sp³-hybridized carbons (Fsp3) is 0.417. The molecule has 0 heterocycles. The standard InChI is InChI=1S/C12H14ClFO2/c1-2-16-12(15)10-5-6-11(14)9(8-10)4-3-7-13/h5-6,8H,2-4,7H2,1H3. The van der Waals surface area contributed by atoms with Crippen LogP contribution in [0.2, 0.25) is 0 Å². The molecule has 1 aromatic rings. The fourth-order valence-corrected chi connectivity index (χ4v) is 1.50. The van der Waals surface area contributed by atoms with E-state index in [-0.39, 0.29) is 5.82 Å². The van der Waals surface area contributed by atoms with Gasteiger partial charge in [0, 0.05) is 5.88 Å². The van der Waals surface area contributed by atoms with Crippen molar-refractivity contribution in [3.8, 4) is 0 Å². The lowest BCUT2D eigenvalue weighted by atomic mass is 10.1. The first-order valence-corrected chi connectivity index (χ1v) is 5.74. The van der Waals surface area contributed by atoms with Crippen LogP contribution in [-0.4, -0.2) is 18.5 Å². The first kappa shape index (κ1) is 13.0. The summed E-state index contributed by atoms with van der Waals surface area (Å²) in [6.45, 7) is 2.04. The lowest BCUT2D eigenvalue weighted by molar-refractivity contribution is 0.0526. The number of esters is 1. The average molecular weight is 245 g/mol. The summed E-state index contributed by atoms with van der Waals surface area (Å²) in [4.78, 5) is 11.4. The SMILES string of the molecule is CCOC(=O)c1ccc(F)c(CCCCl)c1. The van der Waals surface area contributed by atoms with E-state index in [2.05, 4.69) is 0 Å². The molecule has 0 saturated heterocycles. The maximum atomic E-state index is 13.3.